The SMILES string of the molecule is CN(C)c1ccc(/C=N\NC(=O)C(Cc2ccccc2)Cc2ccccc2)cc1. The highest BCUT2D eigenvalue weighted by Gasteiger charge is 2.19. The fourth-order valence-corrected chi connectivity index (χ4v) is 3.18. The topological polar surface area (TPSA) is 44.7 Å². The third-order valence-corrected chi connectivity index (χ3v) is 4.82. The van der Waals surface area contributed by atoms with E-state index in [-0.39, 0.29) is 11.8 Å². The molecule has 0 atom stereocenters. The third kappa shape index (κ3) is 6.32. The van der Waals surface area contributed by atoms with Crippen molar-refractivity contribution in [1.82, 2.24) is 5.43 Å². The Hall–Kier alpha value is -3.40. The summed E-state index contributed by atoms with van der Waals surface area (Å²) in [5.74, 6) is -0.257. The van der Waals surface area contributed by atoms with Gasteiger partial charge >= 0.3 is 0 Å². The average Bonchev–Trinajstić information content (AvgIpc) is 2.75. The molecule has 29 heavy (non-hydrogen) atoms. The Bertz CT molecular complexity index is 878. The van der Waals surface area contributed by atoms with Gasteiger partial charge in [-0.15, -0.1) is 0 Å². The second-order valence-electron chi connectivity index (χ2n) is 7.30. The molecule has 0 bridgehead atoms. The van der Waals surface area contributed by atoms with E-state index in [0.717, 1.165) is 22.4 Å². The Balaban J connectivity index is 1.66. The molecular formula is C25H27N3O. The molecule has 0 unspecified atom stereocenters. The number of anilines is 1. The minimum atomic E-state index is -0.187. The molecule has 1 amide bonds. The molecule has 0 radical (unpaired) electrons. The lowest BCUT2D eigenvalue weighted by Gasteiger charge is -2.15. The van der Waals surface area contributed by atoms with Crippen LogP contribution in [0.4, 0.5) is 5.69 Å². The predicted molar refractivity (Wildman–Crippen MR) is 120 cm³/mol. The first-order valence-corrected chi connectivity index (χ1v) is 9.80. The summed E-state index contributed by atoms with van der Waals surface area (Å²) < 4.78 is 0. The lowest BCUT2D eigenvalue weighted by molar-refractivity contribution is -0.124. The Labute approximate surface area is 172 Å². The highest BCUT2D eigenvalue weighted by molar-refractivity contribution is 5.84. The molecular weight excluding hydrogens is 358 g/mol. The minimum absolute atomic E-state index is 0.0705. The maximum atomic E-state index is 12.9. The minimum Gasteiger partial charge on any atom is -0.378 e. The Morgan fingerprint density at radius 1 is 0.862 bits per heavy atom. The van der Waals surface area contributed by atoms with Gasteiger partial charge in [0.2, 0.25) is 5.91 Å². The van der Waals surface area contributed by atoms with Gasteiger partial charge in [-0.2, -0.15) is 5.10 Å². The van der Waals surface area contributed by atoms with E-state index in [1.165, 1.54) is 0 Å². The van der Waals surface area contributed by atoms with Gasteiger partial charge in [-0.1, -0.05) is 72.8 Å². The van der Waals surface area contributed by atoms with Crippen LogP contribution in [0.25, 0.3) is 0 Å². The lowest BCUT2D eigenvalue weighted by Crippen LogP contribution is -2.30. The zero-order valence-corrected chi connectivity index (χ0v) is 17.0. The number of nitrogens with zero attached hydrogens (tertiary/aromatic N) is 2. The highest BCUT2D eigenvalue weighted by atomic mass is 16.2. The van der Waals surface area contributed by atoms with Crippen molar-refractivity contribution >= 4 is 17.8 Å². The number of hydrogen-bond donors (Lipinski definition) is 1. The summed E-state index contributed by atoms with van der Waals surface area (Å²) in [6.07, 6.45) is 3.03. The third-order valence-electron chi connectivity index (χ3n) is 4.82. The summed E-state index contributed by atoms with van der Waals surface area (Å²) in [6, 6.07) is 28.2. The molecule has 0 aliphatic rings. The predicted octanol–water partition coefficient (Wildman–Crippen LogP) is 4.30. The maximum Gasteiger partial charge on any atom is 0.243 e. The number of nitrogens with one attached hydrogen (secondary N) is 1. The molecule has 3 rings (SSSR count). The molecule has 0 saturated heterocycles. The first-order valence-electron chi connectivity index (χ1n) is 9.80. The summed E-state index contributed by atoms with van der Waals surface area (Å²) in [7, 11) is 4.01. The van der Waals surface area contributed by atoms with E-state index in [1.807, 2.05) is 79.7 Å². The molecule has 1 N–H and O–H groups in total. The normalized spacial score (nSPS) is 11.0. The Morgan fingerprint density at radius 2 is 1.38 bits per heavy atom. The van der Waals surface area contributed by atoms with Gasteiger partial charge in [0, 0.05) is 25.7 Å². The fraction of sp³-hybridized carbons (Fsp3) is 0.200. The van der Waals surface area contributed by atoms with Crippen molar-refractivity contribution in [3.8, 4) is 0 Å². The molecule has 3 aromatic carbocycles. The molecule has 0 heterocycles. The number of amides is 1. The summed E-state index contributed by atoms with van der Waals surface area (Å²) in [5.41, 5.74) is 7.08. The zero-order chi connectivity index (χ0) is 20.5. The molecule has 0 saturated carbocycles. The fourth-order valence-electron chi connectivity index (χ4n) is 3.18. The number of hydrazone groups is 1. The van der Waals surface area contributed by atoms with Gasteiger partial charge in [-0.25, -0.2) is 5.43 Å². The van der Waals surface area contributed by atoms with Crippen LogP contribution in [0.15, 0.2) is 90.0 Å². The van der Waals surface area contributed by atoms with E-state index in [1.54, 1.807) is 6.21 Å². The van der Waals surface area contributed by atoms with E-state index in [2.05, 4.69) is 34.8 Å². The summed E-state index contributed by atoms with van der Waals surface area (Å²) in [6.45, 7) is 0. The van der Waals surface area contributed by atoms with Crippen molar-refractivity contribution < 1.29 is 4.79 Å². The van der Waals surface area contributed by atoms with Crippen LogP contribution in [0, 0.1) is 5.92 Å². The summed E-state index contributed by atoms with van der Waals surface area (Å²) in [5, 5.41) is 4.18. The summed E-state index contributed by atoms with van der Waals surface area (Å²) in [4.78, 5) is 14.9. The maximum absolute atomic E-state index is 12.9. The van der Waals surface area contributed by atoms with Crippen molar-refractivity contribution in [2.24, 2.45) is 11.0 Å². The molecule has 0 fully saturated rings. The molecule has 4 nitrogen and oxygen atoms in total. The van der Waals surface area contributed by atoms with Crippen LogP contribution >= 0.6 is 0 Å². The van der Waals surface area contributed by atoms with Crippen LogP contribution < -0.4 is 10.3 Å². The number of carbonyl (C=O) groups is 1. The van der Waals surface area contributed by atoms with Crippen LogP contribution in [0.1, 0.15) is 16.7 Å². The number of rotatable bonds is 8. The van der Waals surface area contributed by atoms with Crippen LogP contribution in [0.3, 0.4) is 0 Å². The first-order chi connectivity index (χ1) is 14.1. The smallest absolute Gasteiger partial charge is 0.243 e. The number of hydrogen-bond acceptors (Lipinski definition) is 3. The van der Waals surface area contributed by atoms with Crippen molar-refractivity contribution in [1.29, 1.82) is 0 Å². The van der Waals surface area contributed by atoms with Crippen molar-refractivity contribution in [2.75, 3.05) is 19.0 Å². The average molecular weight is 386 g/mol. The van der Waals surface area contributed by atoms with Crippen LogP contribution in [0.5, 0.6) is 0 Å². The largest absolute Gasteiger partial charge is 0.378 e. The molecule has 148 valence electrons. The van der Waals surface area contributed by atoms with E-state index in [0.29, 0.717) is 12.8 Å². The second-order valence-corrected chi connectivity index (χ2v) is 7.30. The molecule has 0 aliphatic carbocycles. The van der Waals surface area contributed by atoms with E-state index in [4.69, 9.17) is 0 Å². The Morgan fingerprint density at radius 3 is 1.86 bits per heavy atom. The molecule has 4 heteroatoms. The number of carbonyl (C=O) groups excluding carboxylic acids is 1. The first kappa shape index (κ1) is 20.3. The van der Waals surface area contributed by atoms with Gasteiger partial charge in [-0.3, -0.25) is 4.79 Å². The van der Waals surface area contributed by atoms with Crippen molar-refractivity contribution in [3.63, 3.8) is 0 Å². The van der Waals surface area contributed by atoms with Gasteiger partial charge in [0.05, 0.1) is 6.21 Å². The van der Waals surface area contributed by atoms with Crippen molar-refractivity contribution in [3.05, 3.63) is 102 Å². The van der Waals surface area contributed by atoms with Crippen LogP contribution in [-0.4, -0.2) is 26.2 Å². The highest BCUT2D eigenvalue weighted by Crippen LogP contribution is 2.15. The van der Waals surface area contributed by atoms with Gasteiger partial charge < -0.3 is 4.90 Å². The van der Waals surface area contributed by atoms with Crippen LogP contribution in [-0.2, 0) is 17.6 Å². The quantitative estimate of drug-likeness (QED) is 0.464. The second kappa shape index (κ2) is 10.2. The van der Waals surface area contributed by atoms with E-state index in [9.17, 15) is 4.79 Å². The van der Waals surface area contributed by atoms with Gasteiger partial charge in [0.25, 0.3) is 0 Å². The molecule has 0 aliphatic heterocycles. The number of benzene rings is 3. The zero-order valence-electron chi connectivity index (χ0n) is 17.0. The van der Waals surface area contributed by atoms with Gasteiger partial charge in [0.1, 0.15) is 0 Å². The molecule has 3 aromatic rings. The summed E-state index contributed by atoms with van der Waals surface area (Å²) >= 11 is 0. The molecule has 0 spiro atoms. The monoisotopic (exact) mass is 385 g/mol. The van der Waals surface area contributed by atoms with E-state index >= 15 is 0 Å². The molecule has 0 aromatic heterocycles. The van der Waals surface area contributed by atoms with Crippen LogP contribution in [0.2, 0.25) is 0 Å². The lowest BCUT2D eigenvalue weighted by atomic mass is 9.92. The van der Waals surface area contributed by atoms with E-state index < -0.39 is 0 Å². The van der Waals surface area contributed by atoms with Gasteiger partial charge in [0.15, 0.2) is 0 Å². The van der Waals surface area contributed by atoms with Crippen molar-refractivity contribution in [2.45, 2.75) is 12.8 Å². The Kier molecular flexibility index (Phi) is 7.17. The van der Waals surface area contributed by atoms with Gasteiger partial charge in [-0.05, 0) is 41.7 Å². The standard InChI is InChI=1S/C25H27N3O/c1-28(2)24-15-13-22(14-16-24)19-26-27-25(29)23(17-20-9-5-3-6-10-20)18-21-11-7-4-8-12-21/h3-16,19,23H,17-18H2,1-2H3,(H,27,29)/b26-19-.